The predicted molar refractivity (Wildman–Crippen MR) is 56.7 cm³/mol. The normalized spacial score (nSPS) is 10.5. The van der Waals surface area contributed by atoms with Crippen molar-refractivity contribution in [3.8, 4) is 0 Å². The van der Waals surface area contributed by atoms with E-state index >= 15 is 0 Å². The van der Waals surface area contributed by atoms with E-state index in [4.69, 9.17) is 11.6 Å². The smallest absolute Gasteiger partial charge is 0.268 e. The number of halogens is 1. The lowest BCUT2D eigenvalue weighted by Gasteiger charge is -1.82. The third-order valence-electron chi connectivity index (χ3n) is 1.44. The molecule has 66 valence electrons. The number of hydrogen-bond donors (Lipinski definition) is 0. The van der Waals surface area contributed by atoms with Crippen molar-refractivity contribution in [2.24, 2.45) is 0 Å². The molecule has 0 atom stereocenters. The van der Waals surface area contributed by atoms with Crippen LogP contribution in [0.25, 0.3) is 10.2 Å². The number of aromatic nitrogens is 1. The van der Waals surface area contributed by atoms with Crippen LogP contribution in [0, 0.1) is 0 Å². The number of para-hydroxylation sites is 1. The van der Waals surface area contributed by atoms with Crippen LogP contribution in [0.2, 0.25) is 0 Å². The quantitative estimate of drug-likeness (QED) is 0.551. The number of carbonyl (C=O) groups excluding carboxylic acids is 1. The first-order valence-corrected chi connectivity index (χ1v) is 5.50. The molecule has 1 aromatic heterocycles. The number of benzene rings is 1. The van der Waals surface area contributed by atoms with E-state index in [1.54, 1.807) is 0 Å². The minimum absolute atomic E-state index is 0.445. The summed E-state index contributed by atoms with van der Waals surface area (Å²) in [6.45, 7) is 0. The van der Waals surface area contributed by atoms with Crippen molar-refractivity contribution in [2.75, 3.05) is 0 Å². The minimum Gasteiger partial charge on any atom is -0.268 e. The summed E-state index contributed by atoms with van der Waals surface area (Å²) in [5.74, 6) is 0. The summed E-state index contributed by atoms with van der Waals surface area (Å²) in [7, 11) is 0. The first kappa shape index (κ1) is 8.99. The number of nitrogens with zero attached hydrogens (tertiary/aromatic N) is 1. The molecular weight excluding hydrogens is 226 g/mol. The third kappa shape index (κ3) is 2.02. The first-order valence-electron chi connectivity index (χ1n) is 3.48. The van der Waals surface area contributed by atoms with Gasteiger partial charge >= 0.3 is 0 Å². The molecule has 1 heterocycles. The first-order chi connectivity index (χ1) is 6.25. The molecule has 0 saturated heterocycles. The van der Waals surface area contributed by atoms with Crippen LogP contribution >= 0.6 is 34.7 Å². The number of thiazole rings is 1. The Morgan fingerprint density at radius 2 is 2.23 bits per heavy atom. The molecule has 5 heteroatoms. The molecule has 0 amide bonds. The van der Waals surface area contributed by atoms with Gasteiger partial charge in [-0.2, -0.15) is 0 Å². The number of rotatable bonds is 1. The van der Waals surface area contributed by atoms with Crippen LogP contribution in [-0.4, -0.2) is 9.56 Å². The Morgan fingerprint density at radius 3 is 2.92 bits per heavy atom. The zero-order valence-electron chi connectivity index (χ0n) is 6.36. The molecule has 0 spiro atoms. The van der Waals surface area contributed by atoms with Gasteiger partial charge in [0.1, 0.15) is 0 Å². The van der Waals surface area contributed by atoms with Gasteiger partial charge in [-0.15, -0.1) is 11.3 Å². The van der Waals surface area contributed by atoms with E-state index in [9.17, 15) is 4.79 Å². The summed E-state index contributed by atoms with van der Waals surface area (Å²) in [6.07, 6.45) is 0. The van der Waals surface area contributed by atoms with Crippen molar-refractivity contribution in [1.29, 1.82) is 0 Å². The van der Waals surface area contributed by atoms with Gasteiger partial charge in [0.05, 0.1) is 10.2 Å². The molecule has 0 aliphatic carbocycles. The minimum atomic E-state index is -0.445. The molecular formula is C8H4ClNOS2. The lowest BCUT2D eigenvalue weighted by atomic mass is 10.3. The second-order valence-corrected chi connectivity index (χ2v) is 5.11. The van der Waals surface area contributed by atoms with Gasteiger partial charge in [-0.1, -0.05) is 12.1 Å². The lowest BCUT2D eigenvalue weighted by Crippen LogP contribution is -1.72. The van der Waals surface area contributed by atoms with Crippen LogP contribution < -0.4 is 0 Å². The van der Waals surface area contributed by atoms with Gasteiger partial charge < -0.3 is 0 Å². The fraction of sp³-hybridized carbons (Fsp3) is 0. The fourth-order valence-electron chi connectivity index (χ4n) is 0.963. The summed E-state index contributed by atoms with van der Waals surface area (Å²) < 4.78 is 1.32. The highest BCUT2D eigenvalue weighted by molar-refractivity contribution is 8.17. The lowest BCUT2D eigenvalue weighted by molar-refractivity contribution is 0.276. The van der Waals surface area contributed by atoms with Crippen molar-refractivity contribution < 1.29 is 4.79 Å². The third-order valence-corrected chi connectivity index (χ3v) is 3.43. The molecule has 0 N–H and O–H groups in total. The summed E-state index contributed by atoms with van der Waals surface area (Å²) >= 11 is 7.66. The zero-order chi connectivity index (χ0) is 9.26. The van der Waals surface area contributed by atoms with Gasteiger partial charge in [0.15, 0.2) is 4.34 Å². The maximum Gasteiger partial charge on any atom is 0.286 e. The van der Waals surface area contributed by atoms with Crippen molar-refractivity contribution in [2.45, 2.75) is 4.34 Å². The zero-order valence-corrected chi connectivity index (χ0v) is 8.75. The Morgan fingerprint density at radius 1 is 1.46 bits per heavy atom. The van der Waals surface area contributed by atoms with E-state index in [-0.39, 0.29) is 0 Å². The number of fused-ring (bicyclic) bond motifs is 1. The molecule has 0 radical (unpaired) electrons. The van der Waals surface area contributed by atoms with Crippen molar-refractivity contribution in [1.82, 2.24) is 4.98 Å². The Bertz CT molecular complexity index is 421. The summed E-state index contributed by atoms with van der Waals surface area (Å²) in [6, 6.07) is 7.74. The SMILES string of the molecule is O=C(Cl)Sc1nc2ccccc2s1. The Labute approximate surface area is 87.9 Å². The monoisotopic (exact) mass is 229 g/mol. The second-order valence-electron chi connectivity index (χ2n) is 2.29. The molecule has 1 aromatic carbocycles. The van der Waals surface area contributed by atoms with Crippen LogP contribution in [0.3, 0.4) is 0 Å². The fourth-order valence-corrected chi connectivity index (χ4v) is 2.96. The molecule has 13 heavy (non-hydrogen) atoms. The second kappa shape index (κ2) is 3.65. The highest BCUT2D eigenvalue weighted by atomic mass is 35.5. The Balaban J connectivity index is 2.44. The number of hydrogen-bond acceptors (Lipinski definition) is 4. The van der Waals surface area contributed by atoms with Crippen LogP contribution in [0.4, 0.5) is 4.79 Å². The molecule has 0 unspecified atom stereocenters. The van der Waals surface area contributed by atoms with Crippen LogP contribution in [-0.2, 0) is 0 Å². The highest BCUT2D eigenvalue weighted by Crippen LogP contribution is 2.30. The van der Waals surface area contributed by atoms with E-state index in [0.717, 1.165) is 22.0 Å². The average molecular weight is 230 g/mol. The molecule has 0 aliphatic heterocycles. The molecule has 0 bridgehead atoms. The summed E-state index contributed by atoms with van der Waals surface area (Å²) in [5, 5.41) is 0. The molecule has 2 aromatic rings. The molecule has 0 saturated carbocycles. The van der Waals surface area contributed by atoms with Crippen LogP contribution in [0.5, 0.6) is 0 Å². The topological polar surface area (TPSA) is 30.0 Å². The Hall–Kier alpha value is -0.580. The average Bonchev–Trinajstić information content (AvgIpc) is 2.44. The molecule has 2 nitrogen and oxygen atoms in total. The van der Waals surface area contributed by atoms with Crippen molar-refractivity contribution >= 4 is 49.5 Å². The maximum absolute atomic E-state index is 10.6. The van der Waals surface area contributed by atoms with Gasteiger partial charge in [-0.05, 0) is 35.5 Å². The maximum atomic E-state index is 10.6. The van der Waals surface area contributed by atoms with Gasteiger partial charge in [-0.3, -0.25) is 4.79 Å². The predicted octanol–water partition coefficient (Wildman–Crippen LogP) is 3.75. The van der Waals surface area contributed by atoms with Gasteiger partial charge in [0.2, 0.25) is 0 Å². The van der Waals surface area contributed by atoms with E-state index in [1.807, 2.05) is 24.3 Å². The van der Waals surface area contributed by atoms with E-state index in [0.29, 0.717) is 4.34 Å². The molecule has 0 aliphatic rings. The summed E-state index contributed by atoms with van der Waals surface area (Å²) in [4.78, 5) is 14.8. The van der Waals surface area contributed by atoms with Gasteiger partial charge in [-0.25, -0.2) is 4.98 Å². The van der Waals surface area contributed by atoms with E-state index < -0.39 is 4.57 Å². The largest absolute Gasteiger partial charge is 0.286 e. The highest BCUT2D eigenvalue weighted by Gasteiger charge is 2.06. The van der Waals surface area contributed by atoms with Crippen molar-refractivity contribution in [3.63, 3.8) is 0 Å². The number of thioether (sulfide) groups is 1. The van der Waals surface area contributed by atoms with Crippen LogP contribution in [0.15, 0.2) is 28.6 Å². The van der Waals surface area contributed by atoms with Gasteiger partial charge in [0.25, 0.3) is 4.57 Å². The number of carbonyl (C=O) groups is 1. The van der Waals surface area contributed by atoms with E-state index in [2.05, 4.69) is 4.98 Å². The van der Waals surface area contributed by atoms with Crippen molar-refractivity contribution in [3.05, 3.63) is 24.3 Å². The molecule has 0 fully saturated rings. The van der Waals surface area contributed by atoms with Gasteiger partial charge in [0, 0.05) is 0 Å². The standard InChI is InChI=1S/C8H4ClNOS2/c9-7(11)13-8-10-5-3-1-2-4-6(5)12-8/h1-4H. The van der Waals surface area contributed by atoms with E-state index in [1.165, 1.54) is 11.3 Å². The Kier molecular flexibility index (Phi) is 2.53. The molecule has 2 rings (SSSR count). The summed E-state index contributed by atoms with van der Waals surface area (Å²) in [5.41, 5.74) is 0.910. The van der Waals surface area contributed by atoms with Crippen LogP contribution in [0.1, 0.15) is 0 Å².